The first-order chi connectivity index (χ1) is 7.59. The maximum Gasteiger partial charge on any atom is 0.308 e. The normalized spacial score (nSPS) is 20.2. The molecular weight excluding hydrogens is 206 g/mol. The second kappa shape index (κ2) is 3.96. The van der Waals surface area contributed by atoms with Crippen molar-refractivity contribution in [3.8, 4) is 0 Å². The van der Waals surface area contributed by atoms with Crippen LogP contribution in [-0.4, -0.2) is 23.5 Å². The Hall–Kier alpha value is -1.84. The molecule has 2 rings (SSSR count). The van der Waals surface area contributed by atoms with Gasteiger partial charge in [0.25, 0.3) is 0 Å². The number of hydrogen-bond acceptors (Lipinski definition) is 2. The molecular formula is C12H13NO3. The molecule has 0 spiro atoms. The van der Waals surface area contributed by atoms with Crippen LogP contribution in [0.25, 0.3) is 0 Å². The quantitative estimate of drug-likeness (QED) is 0.818. The standard InChI is InChI=1S/C12H13NO3/c1-8-4-2-3-5-10(8)13-7-9(12(15)16)6-11(13)14/h2-5,9H,6-7H2,1H3,(H,15,16)/t9-/m1/s1. The van der Waals surface area contributed by atoms with Crippen molar-refractivity contribution >= 4 is 17.6 Å². The second-order valence-corrected chi connectivity index (χ2v) is 4.03. The van der Waals surface area contributed by atoms with E-state index in [9.17, 15) is 9.59 Å². The Morgan fingerprint density at radius 2 is 2.12 bits per heavy atom. The third kappa shape index (κ3) is 1.78. The summed E-state index contributed by atoms with van der Waals surface area (Å²) in [5.74, 6) is -1.58. The number of amides is 1. The molecule has 0 radical (unpaired) electrons. The summed E-state index contributed by atoms with van der Waals surface area (Å²) in [5.41, 5.74) is 1.80. The summed E-state index contributed by atoms with van der Waals surface area (Å²) >= 11 is 0. The first kappa shape index (κ1) is 10.7. The van der Waals surface area contributed by atoms with Gasteiger partial charge in [0, 0.05) is 18.7 Å². The predicted octanol–water partition coefficient (Wildman–Crippen LogP) is 1.43. The molecule has 0 bridgehead atoms. The third-order valence-corrected chi connectivity index (χ3v) is 2.88. The number of anilines is 1. The lowest BCUT2D eigenvalue weighted by atomic mass is 10.1. The van der Waals surface area contributed by atoms with E-state index in [1.165, 1.54) is 0 Å². The molecule has 4 nitrogen and oxygen atoms in total. The van der Waals surface area contributed by atoms with Gasteiger partial charge in [-0.25, -0.2) is 0 Å². The van der Waals surface area contributed by atoms with Gasteiger partial charge < -0.3 is 10.0 Å². The number of carbonyl (C=O) groups is 2. The Labute approximate surface area is 93.5 Å². The Balaban J connectivity index is 2.27. The lowest BCUT2D eigenvalue weighted by Crippen LogP contribution is -2.26. The van der Waals surface area contributed by atoms with Crippen molar-refractivity contribution in [2.24, 2.45) is 5.92 Å². The number of aliphatic carboxylic acids is 1. The van der Waals surface area contributed by atoms with E-state index in [4.69, 9.17) is 5.11 Å². The second-order valence-electron chi connectivity index (χ2n) is 4.03. The van der Waals surface area contributed by atoms with Crippen LogP contribution in [0.5, 0.6) is 0 Å². The lowest BCUT2D eigenvalue weighted by Gasteiger charge is -2.18. The summed E-state index contributed by atoms with van der Waals surface area (Å²) in [4.78, 5) is 24.1. The maximum absolute atomic E-state index is 11.7. The number of hydrogen-bond donors (Lipinski definition) is 1. The molecule has 0 unspecified atom stereocenters. The number of carboxylic acid groups (broad SMARTS) is 1. The van der Waals surface area contributed by atoms with Crippen molar-refractivity contribution in [3.05, 3.63) is 29.8 Å². The molecule has 1 fully saturated rings. The molecule has 1 heterocycles. The molecule has 1 amide bonds. The number of nitrogens with zero attached hydrogens (tertiary/aromatic N) is 1. The lowest BCUT2D eigenvalue weighted by molar-refractivity contribution is -0.141. The molecule has 1 aromatic carbocycles. The SMILES string of the molecule is Cc1ccccc1N1C[C@H](C(=O)O)CC1=O. The van der Waals surface area contributed by atoms with Crippen LogP contribution in [0.1, 0.15) is 12.0 Å². The number of carboxylic acids is 1. The minimum atomic E-state index is -0.899. The minimum absolute atomic E-state index is 0.101. The van der Waals surface area contributed by atoms with Crippen molar-refractivity contribution in [1.29, 1.82) is 0 Å². The van der Waals surface area contributed by atoms with Gasteiger partial charge in [-0.05, 0) is 18.6 Å². The average Bonchev–Trinajstić information content (AvgIpc) is 2.61. The van der Waals surface area contributed by atoms with Gasteiger partial charge in [-0.1, -0.05) is 18.2 Å². The number of carbonyl (C=O) groups excluding carboxylic acids is 1. The molecule has 84 valence electrons. The molecule has 0 saturated carbocycles. The third-order valence-electron chi connectivity index (χ3n) is 2.88. The van der Waals surface area contributed by atoms with Gasteiger partial charge in [0.2, 0.25) is 5.91 Å². The highest BCUT2D eigenvalue weighted by molar-refractivity contribution is 5.99. The van der Waals surface area contributed by atoms with Gasteiger partial charge in [-0.2, -0.15) is 0 Å². The van der Waals surface area contributed by atoms with E-state index in [1.54, 1.807) is 4.90 Å². The highest BCUT2D eigenvalue weighted by atomic mass is 16.4. The predicted molar refractivity (Wildman–Crippen MR) is 59.3 cm³/mol. The average molecular weight is 219 g/mol. The van der Waals surface area contributed by atoms with Crippen LogP contribution in [0.2, 0.25) is 0 Å². The van der Waals surface area contributed by atoms with Gasteiger partial charge in [-0.3, -0.25) is 9.59 Å². The summed E-state index contributed by atoms with van der Waals surface area (Å²) in [6.45, 7) is 2.19. The van der Waals surface area contributed by atoms with Crippen LogP contribution in [0.4, 0.5) is 5.69 Å². The van der Waals surface area contributed by atoms with Gasteiger partial charge >= 0.3 is 5.97 Å². The first-order valence-electron chi connectivity index (χ1n) is 5.18. The monoisotopic (exact) mass is 219 g/mol. The Morgan fingerprint density at radius 3 is 2.69 bits per heavy atom. The number of benzene rings is 1. The first-order valence-corrected chi connectivity index (χ1v) is 5.18. The van der Waals surface area contributed by atoms with Gasteiger partial charge in [0.05, 0.1) is 5.92 Å². The van der Waals surface area contributed by atoms with Crippen molar-refractivity contribution in [2.75, 3.05) is 11.4 Å². The Kier molecular flexibility index (Phi) is 2.64. The number of aryl methyl sites for hydroxylation is 1. The smallest absolute Gasteiger partial charge is 0.308 e. The Bertz CT molecular complexity index is 442. The molecule has 0 aliphatic carbocycles. The van der Waals surface area contributed by atoms with Crippen LogP contribution in [0.3, 0.4) is 0 Å². The van der Waals surface area contributed by atoms with Gasteiger partial charge in [-0.15, -0.1) is 0 Å². The van der Waals surface area contributed by atoms with Crippen molar-refractivity contribution in [2.45, 2.75) is 13.3 Å². The maximum atomic E-state index is 11.7. The summed E-state index contributed by atoms with van der Waals surface area (Å²) < 4.78 is 0. The van der Waals surface area contributed by atoms with Crippen LogP contribution < -0.4 is 4.90 Å². The zero-order chi connectivity index (χ0) is 11.7. The van der Waals surface area contributed by atoms with E-state index < -0.39 is 11.9 Å². The molecule has 1 N–H and O–H groups in total. The highest BCUT2D eigenvalue weighted by Gasteiger charge is 2.35. The number of rotatable bonds is 2. The Morgan fingerprint density at radius 1 is 1.44 bits per heavy atom. The fourth-order valence-electron chi connectivity index (χ4n) is 1.97. The van der Waals surface area contributed by atoms with Gasteiger partial charge in [0.15, 0.2) is 0 Å². The van der Waals surface area contributed by atoms with E-state index in [0.29, 0.717) is 0 Å². The molecule has 1 aliphatic heterocycles. The molecule has 1 aliphatic rings. The largest absolute Gasteiger partial charge is 0.481 e. The van der Waals surface area contributed by atoms with Crippen molar-refractivity contribution < 1.29 is 14.7 Å². The fourth-order valence-corrected chi connectivity index (χ4v) is 1.97. The molecule has 4 heteroatoms. The topological polar surface area (TPSA) is 57.6 Å². The van der Waals surface area contributed by atoms with E-state index >= 15 is 0 Å². The molecule has 1 atom stereocenters. The summed E-state index contributed by atoms with van der Waals surface area (Å²) in [7, 11) is 0. The summed E-state index contributed by atoms with van der Waals surface area (Å²) in [6, 6.07) is 7.51. The molecule has 0 aromatic heterocycles. The van der Waals surface area contributed by atoms with E-state index in [2.05, 4.69) is 0 Å². The van der Waals surface area contributed by atoms with Crippen molar-refractivity contribution in [1.82, 2.24) is 0 Å². The summed E-state index contributed by atoms with van der Waals surface area (Å²) in [6.07, 6.45) is 0.101. The summed E-state index contributed by atoms with van der Waals surface area (Å²) in [5, 5.41) is 8.89. The fraction of sp³-hybridized carbons (Fsp3) is 0.333. The van der Waals surface area contributed by atoms with Crippen LogP contribution >= 0.6 is 0 Å². The highest BCUT2D eigenvalue weighted by Crippen LogP contribution is 2.27. The zero-order valence-corrected chi connectivity index (χ0v) is 9.01. The molecule has 1 saturated heterocycles. The van der Waals surface area contributed by atoms with Crippen LogP contribution in [0, 0.1) is 12.8 Å². The zero-order valence-electron chi connectivity index (χ0n) is 9.01. The van der Waals surface area contributed by atoms with Crippen LogP contribution in [-0.2, 0) is 9.59 Å². The molecule has 1 aromatic rings. The van der Waals surface area contributed by atoms with Crippen LogP contribution in [0.15, 0.2) is 24.3 Å². The van der Waals surface area contributed by atoms with Gasteiger partial charge in [0.1, 0.15) is 0 Å². The van der Waals surface area contributed by atoms with E-state index in [1.807, 2.05) is 31.2 Å². The van der Waals surface area contributed by atoms with E-state index in [0.717, 1.165) is 11.3 Å². The number of para-hydroxylation sites is 1. The molecule has 16 heavy (non-hydrogen) atoms. The van der Waals surface area contributed by atoms with E-state index in [-0.39, 0.29) is 18.9 Å². The minimum Gasteiger partial charge on any atom is -0.481 e. The van der Waals surface area contributed by atoms with Crippen molar-refractivity contribution in [3.63, 3.8) is 0 Å².